The van der Waals surface area contributed by atoms with Gasteiger partial charge in [-0.1, -0.05) is 103 Å². The van der Waals surface area contributed by atoms with Crippen molar-refractivity contribution in [3.8, 4) is 0 Å². The Labute approximate surface area is 255 Å². The van der Waals surface area contributed by atoms with E-state index in [-0.39, 0.29) is 15.5 Å². The van der Waals surface area contributed by atoms with Gasteiger partial charge in [-0.15, -0.1) is 0 Å². The molecule has 5 aromatic carbocycles. The molecule has 2 aromatic heterocycles. The fourth-order valence-corrected chi connectivity index (χ4v) is 8.73. The molecule has 9 heteroatoms. The molecule has 0 radical (unpaired) electrons. The van der Waals surface area contributed by atoms with Crippen LogP contribution in [0, 0.1) is 0 Å². The summed E-state index contributed by atoms with van der Waals surface area (Å²) in [5.74, 6) is 0. The summed E-state index contributed by atoms with van der Waals surface area (Å²) in [5.41, 5.74) is 0.655. The Balaban J connectivity index is 1.65. The number of hydrogen-bond donors (Lipinski definition) is 2. The van der Waals surface area contributed by atoms with Crippen molar-refractivity contribution in [2.24, 2.45) is 0 Å². The average Bonchev–Trinajstić information content (AvgIpc) is 3.68. The molecule has 0 unspecified atom stereocenters. The van der Waals surface area contributed by atoms with Gasteiger partial charge in [0.15, 0.2) is 0 Å². The molecule has 0 aliphatic rings. The van der Waals surface area contributed by atoms with E-state index in [2.05, 4.69) is 9.71 Å². The number of aromatic nitrogens is 2. The van der Waals surface area contributed by atoms with Gasteiger partial charge in [-0.25, -0.2) is 20.8 Å². The van der Waals surface area contributed by atoms with Gasteiger partial charge in [-0.05, 0) is 59.5 Å². The minimum absolute atomic E-state index is 0.0463. The van der Waals surface area contributed by atoms with Crippen LogP contribution in [0.5, 0.6) is 0 Å². The first-order valence-corrected chi connectivity index (χ1v) is 16.9. The maximum Gasteiger partial charge on any atom is 0.268 e. The number of sulfonamides is 1. The van der Waals surface area contributed by atoms with Gasteiger partial charge in [0.25, 0.3) is 10.0 Å². The summed E-state index contributed by atoms with van der Waals surface area (Å²) in [4.78, 5) is 3.56. The van der Waals surface area contributed by atoms with E-state index < -0.39 is 25.6 Å². The highest BCUT2D eigenvalue weighted by Crippen LogP contribution is 2.43. The summed E-state index contributed by atoms with van der Waals surface area (Å²) < 4.78 is 62.2. The normalized spacial score (nSPS) is 13.6. The predicted molar refractivity (Wildman–Crippen MR) is 172 cm³/mol. The van der Waals surface area contributed by atoms with E-state index in [0.29, 0.717) is 22.2 Å². The molecule has 0 fully saturated rings. The maximum absolute atomic E-state index is 14.6. The van der Waals surface area contributed by atoms with Gasteiger partial charge in [-0.3, -0.25) is 0 Å². The van der Waals surface area contributed by atoms with Crippen molar-refractivity contribution >= 4 is 41.9 Å². The van der Waals surface area contributed by atoms with E-state index in [1.807, 2.05) is 60.7 Å². The summed E-state index contributed by atoms with van der Waals surface area (Å²) in [5, 5.41) is 1.48. The van der Waals surface area contributed by atoms with Crippen LogP contribution in [0.25, 0.3) is 21.8 Å². The Bertz CT molecular complexity index is 2300. The first-order valence-electron chi connectivity index (χ1n) is 14.0. The van der Waals surface area contributed by atoms with Gasteiger partial charge in [0.2, 0.25) is 10.0 Å². The Hall–Kier alpha value is -4.96. The molecule has 7 nitrogen and oxygen atoms in total. The largest absolute Gasteiger partial charge is 0.356 e. The second-order valence-electron chi connectivity index (χ2n) is 10.5. The number of aromatic amines is 1. The Kier molecular flexibility index (Phi) is 6.73. The van der Waals surface area contributed by atoms with Gasteiger partial charge >= 0.3 is 0 Å². The molecule has 0 saturated heterocycles. The van der Waals surface area contributed by atoms with Crippen molar-refractivity contribution in [1.82, 2.24) is 13.7 Å². The van der Waals surface area contributed by atoms with E-state index >= 15 is 0 Å². The van der Waals surface area contributed by atoms with Crippen LogP contribution in [-0.4, -0.2) is 25.8 Å². The van der Waals surface area contributed by atoms with Crippen molar-refractivity contribution in [3.63, 3.8) is 0 Å². The highest BCUT2D eigenvalue weighted by molar-refractivity contribution is 7.90. The van der Waals surface area contributed by atoms with E-state index in [4.69, 9.17) is 0 Å². The highest BCUT2D eigenvalue weighted by atomic mass is 32.2. The molecular formula is C35H27N3O4S2. The lowest BCUT2D eigenvalue weighted by Gasteiger charge is -2.35. The standard InChI is InChI=1S/C35H27N3O4S2/c39-43(40,29-18-6-2-7-19-29)37-35(28-16-4-1-5-17-28,33-24-26-14-10-12-22-31(26)36-33)34-25-27-15-11-13-23-32(27)38(34)44(41,42)30-20-8-3-9-21-30/h1-25,36-37H/t35-/m1/s1. The lowest BCUT2D eigenvalue weighted by molar-refractivity contribution is 0.505. The molecule has 0 amide bonds. The summed E-state index contributed by atoms with van der Waals surface area (Å²) in [6.45, 7) is 0. The number of nitrogens with one attached hydrogen (secondary N) is 2. The fraction of sp³-hybridized carbons (Fsp3) is 0.0286. The molecule has 2 N–H and O–H groups in total. The van der Waals surface area contributed by atoms with Gasteiger partial charge in [0, 0.05) is 16.6 Å². The quantitative estimate of drug-likeness (QED) is 0.200. The third-order valence-electron chi connectivity index (χ3n) is 7.81. The summed E-state index contributed by atoms with van der Waals surface area (Å²) in [7, 11) is -8.48. The van der Waals surface area contributed by atoms with Crippen LogP contribution < -0.4 is 4.72 Å². The number of fused-ring (bicyclic) bond motifs is 2. The predicted octanol–water partition coefficient (Wildman–Crippen LogP) is 6.63. The van der Waals surface area contributed by atoms with Crippen LogP contribution in [0.15, 0.2) is 161 Å². The van der Waals surface area contributed by atoms with Gasteiger partial charge in [0.1, 0.15) is 5.54 Å². The third-order valence-corrected chi connectivity index (χ3v) is 11.0. The molecule has 1 atom stereocenters. The van der Waals surface area contributed by atoms with E-state index in [1.54, 1.807) is 66.7 Å². The van der Waals surface area contributed by atoms with Gasteiger partial charge in [-0.2, -0.15) is 4.72 Å². The first-order chi connectivity index (χ1) is 21.3. The van der Waals surface area contributed by atoms with Crippen molar-refractivity contribution in [1.29, 1.82) is 0 Å². The van der Waals surface area contributed by atoms with Crippen molar-refractivity contribution in [2.45, 2.75) is 15.3 Å². The Morgan fingerprint density at radius 1 is 0.568 bits per heavy atom. The van der Waals surface area contributed by atoms with Crippen LogP contribution in [0.3, 0.4) is 0 Å². The second kappa shape index (κ2) is 10.6. The molecule has 7 rings (SSSR count). The summed E-state index contributed by atoms with van der Waals surface area (Å²) >= 11 is 0. The molecule has 2 heterocycles. The summed E-state index contributed by atoms with van der Waals surface area (Å²) in [6, 6.07) is 43.7. The molecule has 0 aliphatic carbocycles. The van der Waals surface area contributed by atoms with Crippen molar-refractivity contribution < 1.29 is 16.8 Å². The molecular weight excluding hydrogens is 591 g/mol. The number of hydrogen-bond acceptors (Lipinski definition) is 4. The minimum Gasteiger partial charge on any atom is -0.356 e. The molecule has 218 valence electrons. The van der Waals surface area contributed by atoms with E-state index in [0.717, 1.165) is 10.9 Å². The van der Waals surface area contributed by atoms with E-state index in [1.165, 1.54) is 28.2 Å². The number of benzene rings is 5. The van der Waals surface area contributed by atoms with Gasteiger partial charge in [0.05, 0.1) is 21.0 Å². The second-order valence-corrected chi connectivity index (χ2v) is 13.9. The lowest BCUT2D eigenvalue weighted by atomic mass is 9.84. The SMILES string of the molecule is O=S(=O)(N[C@](c1ccccc1)(c1cc2ccccc2[nH]1)c1cc2ccccc2n1S(=O)(=O)c1ccccc1)c1ccccc1. The zero-order valence-corrected chi connectivity index (χ0v) is 25.0. The van der Waals surface area contributed by atoms with Crippen LogP contribution in [0.1, 0.15) is 17.0 Å². The third kappa shape index (κ3) is 4.53. The molecule has 0 aliphatic heterocycles. The minimum atomic E-state index is -4.24. The maximum atomic E-state index is 14.6. The number of rotatable bonds is 8. The smallest absolute Gasteiger partial charge is 0.268 e. The van der Waals surface area contributed by atoms with E-state index in [9.17, 15) is 16.8 Å². The average molecular weight is 618 g/mol. The topological polar surface area (TPSA) is 101 Å². The van der Waals surface area contributed by atoms with Crippen molar-refractivity contribution in [2.75, 3.05) is 0 Å². The molecule has 0 bridgehead atoms. The van der Waals surface area contributed by atoms with Crippen LogP contribution in [-0.2, 0) is 25.6 Å². The van der Waals surface area contributed by atoms with Gasteiger partial charge < -0.3 is 4.98 Å². The Morgan fingerprint density at radius 3 is 1.77 bits per heavy atom. The first kappa shape index (κ1) is 27.8. The highest BCUT2D eigenvalue weighted by Gasteiger charge is 2.46. The lowest BCUT2D eigenvalue weighted by Crippen LogP contribution is -2.49. The molecule has 7 aromatic rings. The number of para-hydroxylation sites is 2. The number of nitrogens with zero attached hydrogens (tertiary/aromatic N) is 1. The zero-order chi connectivity index (χ0) is 30.4. The zero-order valence-electron chi connectivity index (χ0n) is 23.3. The van der Waals surface area contributed by atoms with Crippen molar-refractivity contribution in [3.05, 3.63) is 169 Å². The number of H-pyrrole nitrogens is 1. The fourth-order valence-electron chi connectivity index (χ4n) is 5.78. The molecule has 0 saturated carbocycles. The van der Waals surface area contributed by atoms with Crippen LogP contribution in [0.2, 0.25) is 0 Å². The monoisotopic (exact) mass is 617 g/mol. The Morgan fingerprint density at radius 2 is 1.11 bits per heavy atom. The molecule has 44 heavy (non-hydrogen) atoms. The summed E-state index contributed by atoms with van der Waals surface area (Å²) in [6.07, 6.45) is 0. The van der Waals surface area contributed by atoms with Crippen LogP contribution in [0.4, 0.5) is 0 Å². The van der Waals surface area contributed by atoms with Crippen LogP contribution >= 0.6 is 0 Å². The molecule has 0 spiro atoms.